The predicted molar refractivity (Wildman–Crippen MR) is 184 cm³/mol. The average Bonchev–Trinajstić information content (AvgIpc) is 3.34. The van der Waals surface area contributed by atoms with Crippen molar-refractivity contribution >= 4 is 39.2 Å². The van der Waals surface area contributed by atoms with Crippen LogP contribution in [0.15, 0.2) is 82.4 Å². The first-order chi connectivity index (χ1) is 22.1. The Bertz CT molecular complexity index is 1630. The highest BCUT2D eigenvalue weighted by Crippen LogP contribution is 2.64. The number of thioether (sulfide) groups is 1. The molecule has 4 aromatic rings. The molecule has 1 saturated carbocycles. The lowest BCUT2D eigenvalue weighted by atomic mass is 9.53. The third-order valence-electron chi connectivity index (χ3n) is 10.2. The Balaban J connectivity index is 1.21. The zero-order chi connectivity index (χ0) is 30.4. The molecule has 3 aliphatic carbocycles. The number of fused-ring (bicyclic) bond motifs is 1. The van der Waals surface area contributed by atoms with E-state index in [4.69, 9.17) is 19.4 Å². The van der Waals surface area contributed by atoms with Gasteiger partial charge in [-0.2, -0.15) is 0 Å². The number of halogens is 1. The van der Waals surface area contributed by atoms with Crippen molar-refractivity contribution in [3.05, 3.63) is 111 Å². The number of nitrogens with zero attached hydrogens (tertiary/aromatic N) is 4. The van der Waals surface area contributed by atoms with Gasteiger partial charge in [-0.3, -0.25) is 0 Å². The molecule has 6 nitrogen and oxygen atoms in total. The summed E-state index contributed by atoms with van der Waals surface area (Å²) in [5.74, 6) is 2.12. The Morgan fingerprint density at radius 2 is 1.67 bits per heavy atom. The van der Waals surface area contributed by atoms with Crippen molar-refractivity contribution in [2.24, 2.45) is 5.92 Å². The smallest absolute Gasteiger partial charge is 0.189 e. The Morgan fingerprint density at radius 1 is 0.933 bits per heavy atom. The van der Waals surface area contributed by atoms with E-state index in [0.717, 1.165) is 74.5 Å². The molecule has 1 unspecified atom stereocenters. The van der Waals surface area contributed by atoms with Gasteiger partial charge >= 0.3 is 0 Å². The summed E-state index contributed by atoms with van der Waals surface area (Å²) in [7, 11) is 0. The molecule has 2 aliphatic heterocycles. The van der Waals surface area contributed by atoms with Crippen LogP contribution in [0.25, 0.3) is 0 Å². The van der Waals surface area contributed by atoms with Crippen molar-refractivity contribution in [1.29, 1.82) is 0 Å². The van der Waals surface area contributed by atoms with Gasteiger partial charge in [-0.1, -0.05) is 78.5 Å². The van der Waals surface area contributed by atoms with Gasteiger partial charge in [0.05, 0.1) is 24.6 Å². The lowest BCUT2D eigenvalue weighted by molar-refractivity contribution is -0.151. The maximum atomic E-state index is 7.20. The number of ether oxygens (including phenoxy) is 2. The summed E-state index contributed by atoms with van der Waals surface area (Å²) in [5.41, 5.74) is 8.51. The highest BCUT2D eigenvalue weighted by molar-refractivity contribution is 9.10. The van der Waals surface area contributed by atoms with Gasteiger partial charge in [0.15, 0.2) is 5.16 Å². The van der Waals surface area contributed by atoms with Gasteiger partial charge in [0.2, 0.25) is 0 Å². The summed E-state index contributed by atoms with van der Waals surface area (Å²) in [6.45, 7) is 5.51. The highest BCUT2D eigenvalue weighted by Gasteiger charge is 2.57. The Morgan fingerprint density at radius 3 is 2.38 bits per heavy atom. The van der Waals surface area contributed by atoms with Gasteiger partial charge in [0.25, 0.3) is 0 Å². The first kappa shape index (κ1) is 29.5. The van der Waals surface area contributed by atoms with Gasteiger partial charge in [0, 0.05) is 54.8 Å². The van der Waals surface area contributed by atoms with Crippen LogP contribution in [-0.4, -0.2) is 42.5 Å². The summed E-state index contributed by atoms with van der Waals surface area (Å²) in [6, 6.07) is 26.3. The van der Waals surface area contributed by atoms with Gasteiger partial charge in [-0.25, -0.2) is 9.97 Å². The van der Waals surface area contributed by atoms with Gasteiger partial charge in [0.1, 0.15) is 11.4 Å². The zero-order valence-corrected chi connectivity index (χ0v) is 28.2. The van der Waals surface area contributed by atoms with E-state index in [1.54, 1.807) is 11.8 Å². The molecule has 3 heterocycles. The second-order valence-electron chi connectivity index (χ2n) is 12.8. The van der Waals surface area contributed by atoms with E-state index < -0.39 is 5.60 Å². The summed E-state index contributed by atoms with van der Waals surface area (Å²) in [4.78, 5) is 15.1. The second-order valence-corrected chi connectivity index (χ2v) is 14.4. The summed E-state index contributed by atoms with van der Waals surface area (Å²) < 4.78 is 14.2. The van der Waals surface area contributed by atoms with Gasteiger partial charge < -0.3 is 19.3 Å². The molecule has 0 radical (unpaired) electrons. The fourth-order valence-corrected chi connectivity index (χ4v) is 9.24. The van der Waals surface area contributed by atoms with Crippen LogP contribution in [0.1, 0.15) is 58.7 Å². The molecule has 5 aliphatic rings. The molecule has 2 bridgehead atoms. The third kappa shape index (κ3) is 5.37. The monoisotopic (exact) mass is 682 g/mol. The molecule has 2 fully saturated rings. The molecule has 1 saturated heterocycles. The fraction of sp³-hybridized carbons (Fsp3) is 0.405. The molecule has 3 aromatic carbocycles. The normalized spacial score (nSPS) is 23.6. The van der Waals surface area contributed by atoms with Gasteiger partial charge in [-0.05, 0) is 76.0 Å². The first-order valence-electron chi connectivity index (χ1n) is 16.2. The Kier molecular flexibility index (Phi) is 8.10. The van der Waals surface area contributed by atoms with E-state index in [1.807, 2.05) is 0 Å². The van der Waals surface area contributed by atoms with Crippen molar-refractivity contribution in [1.82, 2.24) is 9.97 Å². The molecule has 1 spiro atoms. The molecular weight excluding hydrogens is 644 g/mol. The molecular formula is C37H39BrN4O2S. The number of rotatable bonds is 7. The van der Waals surface area contributed by atoms with Crippen LogP contribution in [0.2, 0.25) is 0 Å². The minimum Gasteiger partial charge on any atom is -0.380 e. The molecule has 0 amide bonds. The molecule has 1 aromatic heterocycles. The predicted octanol–water partition coefficient (Wildman–Crippen LogP) is 7.87. The van der Waals surface area contributed by atoms with Crippen molar-refractivity contribution in [2.75, 3.05) is 42.4 Å². The standard InChI is InChI=1S/C37H39BrN4O2S/c1-45-36-39-31-21-37(44-24-30(31)35(40-36)41-15-8-17-43-18-16-41)28-19-27(20-28)29-13-14-32(34(38)33(29)37)42(22-25-9-4-2-5-10-25)23-26-11-6-3-7-12-26/h2-7,9-14,27-28H,8,15-24H2,1H3. The zero-order valence-electron chi connectivity index (χ0n) is 25.8. The molecule has 232 valence electrons. The number of hydrogen-bond acceptors (Lipinski definition) is 7. The van der Waals surface area contributed by atoms with E-state index in [0.29, 0.717) is 18.4 Å². The van der Waals surface area contributed by atoms with Crippen molar-refractivity contribution in [2.45, 2.75) is 62.1 Å². The van der Waals surface area contributed by atoms with Crippen LogP contribution in [0.3, 0.4) is 0 Å². The maximum Gasteiger partial charge on any atom is 0.189 e. The third-order valence-corrected chi connectivity index (χ3v) is 11.6. The van der Waals surface area contributed by atoms with Crippen molar-refractivity contribution in [3.8, 4) is 0 Å². The quantitative estimate of drug-likeness (QED) is 0.145. The van der Waals surface area contributed by atoms with Gasteiger partial charge in [-0.15, -0.1) is 0 Å². The molecule has 9 rings (SSSR count). The van der Waals surface area contributed by atoms with Crippen LogP contribution >= 0.6 is 27.7 Å². The highest BCUT2D eigenvalue weighted by atomic mass is 79.9. The molecule has 1 atom stereocenters. The fourth-order valence-electron chi connectivity index (χ4n) is 7.91. The summed E-state index contributed by atoms with van der Waals surface area (Å²) >= 11 is 5.86. The van der Waals surface area contributed by atoms with E-state index in [-0.39, 0.29) is 0 Å². The maximum absolute atomic E-state index is 7.20. The van der Waals surface area contributed by atoms with Crippen molar-refractivity contribution < 1.29 is 9.47 Å². The minimum atomic E-state index is -0.402. The summed E-state index contributed by atoms with van der Waals surface area (Å²) in [6.07, 6.45) is 6.23. The minimum absolute atomic E-state index is 0.402. The average molecular weight is 684 g/mol. The van der Waals surface area contributed by atoms with Crippen LogP contribution in [0.5, 0.6) is 0 Å². The van der Waals surface area contributed by atoms with E-state index >= 15 is 0 Å². The topological polar surface area (TPSA) is 50.7 Å². The molecule has 8 heteroatoms. The Hall–Kier alpha value is -2.91. The second kappa shape index (κ2) is 12.4. The molecule has 45 heavy (non-hydrogen) atoms. The van der Waals surface area contributed by atoms with E-state index in [2.05, 4.69) is 105 Å². The SMILES string of the molecule is CSc1nc2c(c(N3CCCOCC3)n1)COC1(C2)c2c(ccc(N(Cc3ccccc3)Cc3ccccc3)c2Br)C2CC1C2. The number of aromatic nitrogens is 2. The van der Waals surface area contributed by atoms with Crippen LogP contribution in [-0.2, 0) is 41.2 Å². The molecule has 0 N–H and O–H groups in total. The Labute approximate surface area is 278 Å². The van der Waals surface area contributed by atoms with Crippen LogP contribution in [0.4, 0.5) is 11.5 Å². The number of hydrogen-bond donors (Lipinski definition) is 0. The van der Waals surface area contributed by atoms with Crippen LogP contribution in [0, 0.1) is 5.92 Å². The summed E-state index contributed by atoms with van der Waals surface area (Å²) in [5, 5.41) is 0.846. The largest absolute Gasteiger partial charge is 0.380 e. The number of benzene rings is 3. The van der Waals surface area contributed by atoms with E-state index in [9.17, 15) is 0 Å². The van der Waals surface area contributed by atoms with Crippen LogP contribution < -0.4 is 9.80 Å². The lowest BCUT2D eigenvalue weighted by Crippen LogP contribution is -2.53. The van der Waals surface area contributed by atoms with E-state index in [1.165, 1.54) is 45.3 Å². The lowest BCUT2D eigenvalue weighted by Gasteiger charge is -2.57. The number of anilines is 2. The first-order valence-corrected chi connectivity index (χ1v) is 18.2. The van der Waals surface area contributed by atoms with Crippen molar-refractivity contribution in [3.63, 3.8) is 0 Å².